The van der Waals surface area contributed by atoms with Crippen molar-refractivity contribution in [3.05, 3.63) is 58.4 Å². The fourth-order valence-electron chi connectivity index (χ4n) is 2.65. The first-order valence-corrected chi connectivity index (χ1v) is 8.63. The topological polar surface area (TPSA) is 83.7 Å². The van der Waals surface area contributed by atoms with Crippen LogP contribution in [0.3, 0.4) is 0 Å². The van der Waals surface area contributed by atoms with E-state index in [9.17, 15) is 4.79 Å². The second kappa shape index (κ2) is 7.28. The maximum absolute atomic E-state index is 12.3. The summed E-state index contributed by atoms with van der Waals surface area (Å²) in [6.45, 7) is 2.63. The Bertz CT molecular complexity index is 1000. The zero-order valence-corrected chi connectivity index (χ0v) is 15.2. The van der Waals surface area contributed by atoms with Gasteiger partial charge >= 0.3 is 5.97 Å². The molecule has 0 radical (unpaired) electrons. The maximum atomic E-state index is 12.3. The van der Waals surface area contributed by atoms with Gasteiger partial charge in [-0.25, -0.2) is 4.79 Å². The van der Waals surface area contributed by atoms with Gasteiger partial charge in [-0.05, 0) is 31.2 Å². The van der Waals surface area contributed by atoms with E-state index in [4.69, 9.17) is 30.2 Å². The van der Waals surface area contributed by atoms with Crippen LogP contribution in [0.1, 0.15) is 21.8 Å². The molecule has 7 nitrogen and oxygen atoms in total. The molecule has 8 heteroatoms. The van der Waals surface area contributed by atoms with Crippen LogP contribution in [0.4, 0.5) is 0 Å². The molecule has 0 saturated heterocycles. The lowest BCUT2D eigenvalue weighted by Gasteiger charge is -2.19. The number of aryl methyl sites for hydroxylation is 1. The van der Waals surface area contributed by atoms with Crippen LogP contribution in [0.15, 0.2) is 40.8 Å². The normalized spacial score (nSPS) is 12.7. The van der Waals surface area contributed by atoms with Gasteiger partial charge in [-0.1, -0.05) is 29.3 Å². The molecule has 2 heterocycles. The Morgan fingerprint density at radius 3 is 2.89 bits per heavy atom. The molecule has 2 aromatic carbocycles. The van der Waals surface area contributed by atoms with E-state index in [0.717, 1.165) is 11.1 Å². The Morgan fingerprint density at radius 2 is 2.04 bits per heavy atom. The van der Waals surface area contributed by atoms with Crippen LogP contribution in [0, 0.1) is 6.92 Å². The molecule has 1 aromatic heterocycles. The molecule has 1 aliphatic heterocycles. The van der Waals surface area contributed by atoms with Crippen molar-refractivity contribution in [1.82, 2.24) is 10.2 Å². The molecule has 27 heavy (non-hydrogen) atoms. The first kappa shape index (κ1) is 17.4. The molecule has 0 amide bonds. The third kappa shape index (κ3) is 3.73. The molecule has 138 valence electrons. The highest BCUT2D eigenvalue weighted by atomic mass is 35.5. The number of carbonyl (C=O) groups excluding carboxylic acids is 1. The molecule has 0 spiro atoms. The fourth-order valence-corrected chi connectivity index (χ4v) is 2.91. The molecule has 3 aromatic rings. The van der Waals surface area contributed by atoms with Crippen molar-refractivity contribution in [3.8, 4) is 23.0 Å². The largest absolute Gasteiger partial charge is 0.486 e. The van der Waals surface area contributed by atoms with Crippen molar-refractivity contribution in [2.75, 3.05) is 13.2 Å². The first-order chi connectivity index (χ1) is 13.1. The van der Waals surface area contributed by atoms with Crippen molar-refractivity contribution in [2.45, 2.75) is 13.5 Å². The number of halogens is 1. The first-order valence-electron chi connectivity index (χ1n) is 8.26. The van der Waals surface area contributed by atoms with Gasteiger partial charge in [-0.15, -0.1) is 10.2 Å². The van der Waals surface area contributed by atoms with Gasteiger partial charge in [-0.3, -0.25) is 0 Å². The number of fused-ring (bicyclic) bond motifs is 1. The van der Waals surface area contributed by atoms with E-state index in [1.165, 1.54) is 12.1 Å². The number of nitrogens with zero attached hydrogens (tertiary/aromatic N) is 2. The van der Waals surface area contributed by atoms with Gasteiger partial charge in [0.2, 0.25) is 5.89 Å². The highest BCUT2D eigenvalue weighted by Crippen LogP contribution is 2.38. The van der Waals surface area contributed by atoms with E-state index in [1.54, 1.807) is 0 Å². The molecule has 0 bridgehead atoms. The maximum Gasteiger partial charge on any atom is 0.338 e. The number of esters is 1. The van der Waals surface area contributed by atoms with Crippen LogP contribution in [-0.4, -0.2) is 29.4 Å². The summed E-state index contributed by atoms with van der Waals surface area (Å²) in [6.07, 6.45) is 0. The van der Waals surface area contributed by atoms with Crippen LogP contribution < -0.4 is 9.47 Å². The molecule has 1 aliphatic rings. The number of hydrogen-bond acceptors (Lipinski definition) is 7. The predicted molar refractivity (Wildman–Crippen MR) is 96.0 cm³/mol. The van der Waals surface area contributed by atoms with Gasteiger partial charge in [0.05, 0.1) is 10.6 Å². The summed E-state index contributed by atoms with van der Waals surface area (Å²) in [7, 11) is 0. The minimum Gasteiger partial charge on any atom is -0.486 e. The lowest BCUT2D eigenvalue weighted by molar-refractivity contribution is 0.0437. The second-order valence-electron chi connectivity index (χ2n) is 5.93. The van der Waals surface area contributed by atoms with Gasteiger partial charge in [0.1, 0.15) is 13.2 Å². The number of aromatic nitrogens is 2. The molecule has 0 unspecified atom stereocenters. The van der Waals surface area contributed by atoms with Gasteiger partial charge in [0, 0.05) is 5.56 Å². The van der Waals surface area contributed by atoms with Gasteiger partial charge in [-0.2, -0.15) is 0 Å². The smallest absolute Gasteiger partial charge is 0.338 e. The fraction of sp³-hybridized carbons (Fsp3) is 0.211. The van der Waals surface area contributed by atoms with Crippen molar-refractivity contribution in [3.63, 3.8) is 0 Å². The molecule has 4 rings (SSSR count). The molecule has 0 atom stereocenters. The highest BCUT2D eigenvalue weighted by molar-refractivity contribution is 6.32. The number of ether oxygens (including phenoxy) is 3. The molecule has 0 N–H and O–H groups in total. The molecule has 0 saturated carbocycles. The number of hydrogen-bond donors (Lipinski definition) is 0. The summed E-state index contributed by atoms with van der Waals surface area (Å²) in [5.41, 5.74) is 2.13. The van der Waals surface area contributed by atoms with Crippen LogP contribution in [0.5, 0.6) is 11.5 Å². The van der Waals surface area contributed by atoms with Gasteiger partial charge in [0.15, 0.2) is 18.1 Å². The Balaban J connectivity index is 1.45. The Labute approximate surface area is 159 Å². The minimum absolute atomic E-state index is 0.149. The monoisotopic (exact) mass is 386 g/mol. The predicted octanol–water partition coefficient (Wildman–Crippen LogP) is 3.83. The summed E-state index contributed by atoms with van der Waals surface area (Å²) in [4.78, 5) is 12.3. The van der Waals surface area contributed by atoms with E-state index in [0.29, 0.717) is 35.6 Å². The average Bonchev–Trinajstić information content (AvgIpc) is 3.15. The van der Waals surface area contributed by atoms with E-state index < -0.39 is 5.97 Å². The van der Waals surface area contributed by atoms with Crippen LogP contribution >= 0.6 is 11.6 Å². The Morgan fingerprint density at radius 1 is 1.19 bits per heavy atom. The summed E-state index contributed by atoms with van der Waals surface area (Å²) in [6, 6.07) is 10.7. The summed E-state index contributed by atoms with van der Waals surface area (Å²) >= 11 is 6.14. The van der Waals surface area contributed by atoms with Crippen molar-refractivity contribution >= 4 is 17.6 Å². The van der Waals surface area contributed by atoms with E-state index in [1.807, 2.05) is 31.2 Å². The SMILES string of the molecule is Cc1cccc(-c2nnc(COC(=O)c3cc(Cl)c4c(c3)OCCO4)o2)c1. The summed E-state index contributed by atoms with van der Waals surface area (Å²) in [5, 5.41) is 8.19. The third-order valence-electron chi connectivity index (χ3n) is 3.89. The molecular weight excluding hydrogens is 372 g/mol. The highest BCUT2D eigenvalue weighted by Gasteiger charge is 2.20. The summed E-state index contributed by atoms with van der Waals surface area (Å²) < 4.78 is 21.7. The summed E-state index contributed by atoms with van der Waals surface area (Å²) in [5.74, 6) is 0.833. The lowest BCUT2D eigenvalue weighted by atomic mass is 10.1. The molecule has 0 fully saturated rings. The standard InChI is InChI=1S/C19H15ClN2O5/c1-11-3-2-4-12(7-11)18-22-21-16(27-18)10-26-19(23)13-8-14(20)17-15(9-13)24-5-6-25-17/h2-4,7-9H,5-6,10H2,1H3. The van der Waals surface area contributed by atoms with Crippen molar-refractivity contribution in [1.29, 1.82) is 0 Å². The zero-order valence-electron chi connectivity index (χ0n) is 14.4. The molecular formula is C19H15ClN2O5. The van der Waals surface area contributed by atoms with Crippen molar-refractivity contribution < 1.29 is 23.4 Å². The van der Waals surface area contributed by atoms with Crippen LogP contribution in [-0.2, 0) is 11.3 Å². The van der Waals surface area contributed by atoms with Crippen molar-refractivity contribution in [2.24, 2.45) is 0 Å². The van der Waals surface area contributed by atoms with E-state index in [-0.39, 0.29) is 18.1 Å². The number of benzene rings is 2. The molecule has 0 aliphatic carbocycles. The van der Waals surface area contributed by atoms with Gasteiger partial charge < -0.3 is 18.6 Å². The Hall–Kier alpha value is -3.06. The van der Waals surface area contributed by atoms with Crippen LogP contribution in [0.2, 0.25) is 5.02 Å². The second-order valence-corrected chi connectivity index (χ2v) is 6.34. The number of rotatable bonds is 4. The van der Waals surface area contributed by atoms with E-state index >= 15 is 0 Å². The quantitative estimate of drug-likeness (QED) is 0.630. The van der Waals surface area contributed by atoms with Gasteiger partial charge in [0.25, 0.3) is 5.89 Å². The van der Waals surface area contributed by atoms with E-state index in [2.05, 4.69) is 10.2 Å². The Kier molecular flexibility index (Phi) is 4.68. The average molecular weight is 387 g/mol. The third-order valence-corrected chi connectivity index (χ3v) is 4.17. The lowest BCUT2D eigenvalue weighted by Crippen LogP contribution is -2.16. The zero-order chi connectivity index (χ0) is 18.8. The minimum atomic E-state index is -0.579. The number of carbonyl (C=O) groups is 1. The van der Waals surface area contributed by atoms with Crippen LogP contribution in [0.25, 0.3) is 11.5 Å².